The van der Waals surface area contributed by atoms with Gasteiger partial charge in [0.25, 0.3) is 10.0 Å². The molecule has 4 bridgehead atoms. The van der Waals surface area contributed by atoms with Gasteiger partial charge in [0.15, 0.2) is 0 Å². The molecule has 4 saturated carbocycles. The van der Waals surface area contributed by atoms with Gasteiger partial charge in [0.1, 0.15) is 12.4 Å². The highest BCUT2D eigenvalue weighted by atomic mass is 32.2. The third-order valence-electron chi connectivity index (χ3n) is 8.85. The number of pyridine rings is 1. The van der Waals surface area contributed by atoms with Gasteiger partial charge in [0, 0.05) is 11.9 Å². The maximum atomic E-state index is 12.9. The van der Waals surface area contributed by atoms with Crippen molar-refractivity contribution >= 4 is 43.1 Å². The third-order valence-corrected chi connectivity index (χ3v) is 11.4. The van der Waals surface area contributed by atoms with E-state index in [4.69, 9.17) is 0 Å². The number of hydrogen-bond acceptors (Lipinski definition) is 6. The molecule has 2 N–H and O–H groups in total. The second-order valence-electron chi connectivity index (χ2n) is 11.9. The first-order valence-electron chi connectivity index (χ1n) is 13.9. The minimum Gasteiger partial charge on any atom is -0.325 e. The molecule has 7 rings (SSSR count). The molecule has 1 heterocycles. The van der Waals surface area contributed by atoms with Crippen molar-refractivity contribution in [1.82, 2.24) is 4.98 Å². The summed E-state index contributed by atoms with van der Waals surface area (Å²) in [4.78, 5) is 16.9. The quantitative estimate of drug-likeness (QED) is 0.368. The van der Waals surface area contributed by atoms with E-state index in [1.54, 1.807) is 12.1 Å². The van der Waals surface area contributed by atoms with E-state index in [2.05, 4.69) is 27.2 Å². The van der Waals surface area contributed by atoms with Crippen LogP contribution in [-0.4, -0.2) is 40.5 Å². The Hall–Kier alpha value is -3.44. The summed E-state index contributed by atoms with van der Waals surface area (Å²) in [5.74, 6) is 2.08. The van der Waals surface area contributed by atoms with Crippen molar-refractivity contribution in [2.24, 2.45) is 17.8 Å². The molecule has 1 amide bonds. The lowest BCUT2D eigenvalue weighted by molar-refractivity contribution is -0.114. The number of nitrogens with one attached hydrogen (secondary N) is 2. The molecule has 0 spiro atoms. The van der Waals surface area contributed by atoms with Gasteiger partial charge in [0.05, 0.1) is 16.8 Å². The number of benzene rings is 2. The SMILES string of the molecule is CS(=O)(=O)N(CC(=O)Nc1ccc(S(=O)(=O)Nc2ccccn2)cc1)c1ccc(C23CC4CC(CC(C4)C2)C3)cc1. The van der Waals surface area contributed by atoms with E-state index in [1.165, 1.54) is 80.6 Å². The number of hydrogen-bond donors (Lipinski definition) is 2. The van der Waals surface area contributed by atoms with Crippen LogP contribution in [0, 0.1) is 17.8 Å². The van der Waals surface area contributed by atoms with Crippen LogP contribution in [0.25, 0.3) is 0 Å². The number of rotatable bonds is 9. The van der Waals surface area contributed by atoms with E-state index < -0.39 is 32.5 Å². The van der Waals surface area contributed by atoms with Crippen LogP contribution < -0.4 is 14.3 Å². The van der Waals surface area contributed by atoms with E-state index in [1.807, 2.05) is 12.1 Å². The molecule has 9 nitrogen and oxygen atoms in total. The molecule has 0 radical (unpaired) electrons. The standard InChI is InChI=1S/C30H34N4O5S2/c1-40(36,37)34(26-9-5-24(6-10-26)30-17-21-14-22(18-30)16-23(15-21)19-30)20-29(35)32-25-7-11-27(12-8-25)41(38,39)33-28-4-2-3-13-31-28/h2-13,21-23H,14-20H2,1H3,(H,31,33)(H,32,35). The molecule has 4 fully saturated rings. The van der Waals surface area contributed by atoms with Crippen molar-refractivity contribution < 1.29 is 21.6 Å². The van der Waals surface area contributed by atoms with Crippen LogP contribution in [0.5, 0.6) is 0 Å². The molecule has 3 aromatic rings. The molecule has 216 valence electrons. The first kappa shape index (κ1) is 27.7. The summed E-state index contributed by atoms with van der Waals surface area (Å²) in [6.07, 6.45) is 10.3. The van der Waals surface area contributed by atoms with Crippen molar-refractivity contribution in [1.29, 1.82) is 0 Å². The number of sulfonamides is 2. The predicted octanol–water partition coefficient (Wildman–Crippen LogP) is 4.75. The van der Waals surface area contributed by atoms with Crippen molar-refractivity contribution in [3.05, 3.63) is 78.5 Å². The Morgan fingerprint density at radius 2 is 1.49 bits per heavy atom. The lowest BCUT2D eigenvalue weighted by atomic mass is 9.48. The molecule has 1 aromatic heterocycles. The largest absolute Gasteiger partial charge is 0.325 e. The van der Waals surface area contributed by atoms with Crippen LogP contribution in [0.1, 0.15) is 44.1 Å². The van der Waals surface area contributed by atoms with Gasteiger partial charge in [-0.2, -0.15) is 0 Å². The Bertz CT molecular complexity index is 1610. The Morgan fingerprint density at radius 3 is 2.02 bits per heavy atom. The topological polar surface area (TPSA) is 126 Å². The van der Waals surface area contributed by atoms with Gasteiger partial charge in [-0.05, 0) is 116 Å². The average Bonchev–Trinajstić information content (AvgIpc) is 2.91. The smallest absolute Gasteiger partial charge is 0.263 e. The molecule has 11 heteroatoms. The summed E-state index contributed by atoms with van der Waals surface area (Å²) < 4.78 is 54.2. The van der Waals surface area contributed by atoms with Gasteiger partial charge in [-0.3, -0.25) is 13.8 Å². The monoisotopic (exact) mass is 594 g/mol. The fourth-order valence-corrected chi connectivity index (χ4v) is 9.38. The van der Waals surface area contributed by atoms with Crippen LogP contribution in [0.2, 0.25) is 0 Å². The number of nitrogens with zero attached hydrogens (tertiary/aromatic N) is 2. The Balaban J connectivity index is 1.13. The molecule has 41 heavy (non-hydrogen) atoms. The average molecular weight is 595 g/mol. The van der Waals surface area contributed by atoms with E-state index >= 15 is 0 Å². The van der Waals surface area contributed by atoms with Crippen molar-refractivity contribution in [2.45, 2.75) is 48.8 Å². The maximum Gasteiger partial charge on any atom is 0.263 e. The fourth-order valence-electron chi connectivity index (χ4n) is 7.51. The summed E-state index contributed by atoms with van der Waals surface area (Å²) >= 11 is 0. The number of anilines is 3. The Kier molecular flexibility index (Phi) is 7.05. The second-order valence-corrected chi connectivity index (χ2v) is 15.5. The van der Waals surface area contributed by atoms with Crippen LogP contribution in [0.15, 0.2) is 77.8 Å². The molecule has 0 atom stereocenters. The molecular weight excluding hydrogens is 560 g/mol. The molecular formula is C30H34N4O5S2. The Labute approximate surface area is 241 Å². The minimum absolute atomic E-state index is 0.00183. The number of carbonyl (C=O) groups excluding carboxylic acids is 1. The highest BCUT2D eigenvalue weighted by molar-refractivity contribution is 7.92. The van der Waals surface area contributed by atoms with Crippen LogP contribution in [0.4, 0.5) is 17.2 Å². The normalized spacial score (nSPS) is 25.0. The van der Waals surface area contributed by atoms with Gasteiger partial charge in [0.2, 0.25) is 15.9 Å². The highest BCUT2D eigenvalue weighted by Crippen LogP contribution is 2.60. The molecule has 2 aromatic carbocycles. The Morgan fingerprint density at radius 1 is 0.878 bits per heavy atom. The van der Waals surface area contributed by atoms with Gasteiger partial charge in [-0.15, -0.1) is 0 Å². The summed E-state index contributed by atoms with van der Waals surface area (Å²) in [6.45, 7) is -0.406. The summed E-state index contributed by atoms with van der Waals surface area (Å²) in [7, 11) is -7.60. The zero-order valence-electron chi connectivity index (χ0n) is 22.9. The highest BCUT2D eigenvalue weighted by Gasteiger charge is 2.51. The van der Waals surface area contributed by atoms with E-state index in [-0.39, 0.29) is 16.1 Å². The van der Waals surface area contributed by atoms with Crippen LogP contribution in [0.3, 0.4) is 0 Å². The van der Waals surface area contributed by atoms with Gasteiger partial charge < -0.3 is 5.32 Å². The number of aromatic nitrogens is 1. The lowest BCUT2D eigenvalue weighted by Gasteiger charge is -2.57. The zero-order chi connectivity index (χ0) is 28.8. The van der Waals surface area contributed by atoms with Crippen molar-refractivity contribution in [3.63, 3.8) is 0 Å². The lowest BCUT2D eigenvalue weighted by Crippen LogP contribution is -2.48. The summed E-state index contributed by atoms with van der Waals surface area (Å²) in [5, 5.41) is 2.67. The van der Waals surface area contributed by atoms with Gasteiger partial charge in [-0.1, -0.05) is 18.2 Å². The van der Waals surface area contributed by atoms with Crippen LogP contribution in [-0.2, 0) is 30.3 Å². The molecule has 0 unspecified atom stereocenters. The summed E-state index contributed by atoms with van der Waals surface area (Å²) in [6, 6.07) is 18.2. The van der Waals surface area contributed by atoms with Crippen molar-refractivity contribution in [2.75, 3.05) is 27.1 Å². The summed E-state index contributed by atoms with van der Waals surface area (Å²) in [5.41, 5.74) is 2.27. The van der Waals surface area contributed by atoms with Crippen molar-refractivity contribution in [3.8, 4) is 0 Å². The molecule has 4 aliphatic carbocycles. The third kappa shape index (κ3) is 5.83. The fraction of sp³-hybridized carbons (Fsp3) is 0.400. The first-order chi connectivity index (χ1) is 19.5. The second kappa shape index (κ2) is 10.4. The number of carbonyl (C=O) groups is 1. The number of amides is 1. The first-order valence-corrected chi connectivity index (χ1v) is 17.2. The predicted molar refractivity (Wildman–Crippen MR) is 159 cm³/mol. The molecule has 4 aliphatic rings. The molecule has 0 aliphatic heterocycles. The van der Waals surface area contributed by atoms with Gasteiger partial charge in [-0.25, -0.2) is 21.8 Å². The zero-order valence-corrected chi connectivity index (χ0v) is 24.5. The minimum atomic E-state index is -3.86. The maximum absolute atomic E-state index is 12.9. The molecule has 0 saturated heterocycles. The van der Waals surface area contributed by atoms with Gasteiger partial charge >= 0.3 is 0 Å². The van der Waals surface area contributed by atoms with E-state index in [9.17, 15) is 21.6 Å². The van der Waals surface area contributed by atoms with E-state index in [0.29, 0.717) is 11.4 Å². The van der Waals surface area contributed by atoms with E-state index in [0.717, 1.165) is 28.3 Å². The van der Waals surface area contributed by atoms with Crippen LogP contribution >= 0.6 is 0 Å².